The minimum atomic E-state index is -0.0469. The van der Waals surface area contributed by atoms with E-state index in [1.807, 2.05) is 0 Å². The number of aryl methyl sites for hydroxylation is 1. The molecule has 3 aliphatic rings. The van der Waals surface area contributed by atoms with Crippen LogP contribution in [0.2, 0.25) is 0 Å². The molecule has 0 amide bonds. The Kier molecular flexibility index (Phi) is 3.22. The molecule has 0 N–H and O–H groups in total. The van der Waals surface area contributed by atoms with Crippen LogP contribution in [0.1, 0.15) is 56.1 Å². The molecule has 2 fully saturated rings. The number of nitrogens with zero attached hydrogens (tertiary/aromatic N) is 5. The number of piperidine rings is 1. The monoisotopic (exact) mass is 285 g/mol. The zero-order valence-electron chi connectivity index (χ0n) is 12.6. The van der Waals surface area contributed by atoms with Gasteiger partial charge in [0, 0.05) is 32.0 Å². The molecule has 4 rings (SSSR count). The van der Waals surface area contributed by atoms with Gasteiger partial charge in [-0.05, 0) is 38.6 Å². The van der Waals surface area contributed by atoms with Crippen molar-refractivity contribution < 1.29 is 0 Å². The Morgan fingerprint density at radius 2 is 2.10 bits per heavy atom. The molecule has 1 saturated heterocycles. The first-order valence-corrected chi connectivity index (χ1v) is 8.35. The summed E-state index contributed by atoms with van der Waals surface area (Å²) in [4.78, 5) is 2.51. The molecule has 1 aliphatic carbocycles. The molecule has 0 bridgehead atoms. The normalized spacial score (nSPS) is 27.9. The fraction of sp³-hybridized carbons (Fsp3) is 0.812. The molecule has 21 heavy (non-hydrogen) atoms. The third-order valence-corrected chi connectivity index (χ3v) is 5.58. The molecule has 0 radical (unpaired) electrons. The summed E-state index contributed by atoms with van der Waals surface area (Å²) >= 11 is 0. The summed E-state index contributed by atoms with van der Waals surface area (Å²) in [5.74, 6) is 2.88. The first-order chi connectivity index (χ1) is 10.3. The highest BCUT2D eigenvalue weighted by Gasteiger charge is 2.40. The summed E-state index contributed by atoms with van der Waals surface area (Å²) in [6.07, 6.45) is 8.13. The minimum absolute atomic E-state index is 0.0469. The maximum Gasteiger partial charge on any atom is 0.137 e. The lowest BCUT2D eigenvalue weighted by Crippen LogP contribution is -2.45. The Morgan fingerprint density at radius 1 is 1.19 bits per heavy atom. The fourth-order valence-electron chi connectivity index (χ4n) is 4.22. The van der Waals surface area contributed by atoms with Gasteiger partial charge in [-0.1, -0.05) is 6.42 Å². The van der Waals surface area contributed by atoms with Crippen molar-refractivity contribution in [3.63, 3.8) is 0 Å². The summed E-state index contributed by atoms with van der Waals surface area (Å²) < 4.78 is 2.34. The van der Waals surface area contributed by atoms with E-state index in [-0.39, 0.29) is 5.41 Å². The zero-order valence-corrected chi connectivity index (χ0v) is 12.6. The van der Waals surface area contributed by atoms with Gasteiger partial charge in [0.25, 0.3) is 0 Å². The molecule has 2 aliphatic heterocycles. The van der Waals surface area contributed by atoms with Crippen LogP contribution in [0, 0.1) is 16.7 Å². The molecule has 3 heterocycles. The van der Waals surface area contributed by atoms with Crippen LogP contribution in [-0.2, 0) is 13.0 Å². The molecule has 112 valence electrons. The maximum atomic E-state index is 9.44. The molecule has 1 saturated carbocycles. The summed E-state index contributed by atoms with van der Waals surface area (Å²) in [7, 11) is 0. The van der Waals surface area contributed by atoms with Gasteiger partial charge < -0.3 is 9.47 Å². The third-order valence-electron chi connectivity index (χ3n) is 5.58. The summed E-state index contributed by atoms with van der Waals surface area (Å²) in [6.45, 7) is 4.25. The van der Waals surface area contributed by atoms with Crippen molar-refractivity contribution in [1.82, 2.24) is 19.7 Å². The molecule has 5 heteroatoms. The van der Waals surface area contributed by atoms with Gasteiger partial charge in [0.15, 0.2) is 0 Å². The Hall–Kier alpha value is -1.41. The van der Waals surface area contributed by atoms with Crippen molar-refractivity contribution in [2.75, 3.05) is 19.6 Å². The van der Waals surface area contributed by atoms with Gasteiger partial charge in [0.1, 0.15) is 11.6 Å². The van der Waals surface area contributed by atoms with Gasteiger partial charge in [-0.15, -0.1) is 10.2 Å². The van der Waals surface area contributed by atoms with E-state index in [1.54, 1.807) is 0 Å². The van der Waals surface area contributed by atoms with Crippen molar-refractivity contribution in [3.8, 4) is 6.07 Å². The Bertz CT molecular complexity index is 566. The highest BCUT2D eigenvalue weighted by Crippen LogP contribution is 2.42. The van der Waals surface area contributed by atoms with E-state index in [1.165, 1.54) is 37.3 Å². The first kappa shape index (κ1) is 13.3. The molecule has 0 unspecified atom stereocenters. The third kappa shape index (κ3) is 2.26. The number of aromatic nitrogens is 3. The average molecular weight is 285 g/mol. The summed E-state index contributed by atoms with van der Waals surface area (Å²) in [5, 5.41) is 18.3. The van der Waals surface area contributed by atoms with Crippen LogP contribution < -0.4 is 0 Å². The fourth-order valence-corrected chi connectivity index (χ4v) is 4.22. The number of rotatable bonds is 3. The lowest BCUT2D eigenvalue weighted by atomic mass is 9.69. The van der Waals surface area contributed by atoms with E-state index in [4.69, 9.17) is 0 Å². The van der Waals surface area contributed by atoms with E-state index in [0.29, 0.717) is 5.92 Å². The Balaban J connectivity index is 1.47. The van der Waals surface area contributed by atoms with Crippen LogP contribution in [0.4, 0.5) is 0 Å². The largest absolute Gasteiger partial charge is 0.315 e. The predicted octanol–water partition coefficient (Wildman–Crippen LogP) is 2.10. The first-order valence-electron chi connectivity index (χ1n) is 8.35. The minimum Gasteiger partial charge on any atom is -0.315 e. The lowest BCUT2D eigenvalue weighted by Gasteiger charge is -2.42. The molecule has 0 aromatic carbocycles. The van der Waals surface area contributed by atoms with E-state index >= 15 is 0 Å². The van der Waals surface area contributed by atoms with Crippen LogP contribution in [0.3, 0.4) is 0 Å². The zero-order chi connectivity index (χ0) is 14.3. The highest BCUT2D eigenvalue weighted by molar-refractivity contribution is 5.10. The van der Waals surface area contributed by atoms with E-state index < -0.39 is 0 Å². The van der Waals surface area contributed by atoms with Crippen LogP contribution >= 0.6 is 0 Å². The van der Waals surface area contributed by atoms with Crippen molar-refractivity contribution in [1.29, 1.82) is 5.26 Å². The van der Waals surface area contributed by atoms with Crippen LogP contribution in [0.25, 0.3) is 0 Å². The molecule has 5 nitrogen and oxygen atoms in total. The van der Waals surface area contributed by atoms with Crippen LogP contribution in [-0.4, -0.2) is 39.3 Å². The Morgan fingerprint density at radius 3 is 2.86 bits per heavy atom. The molecule has 1 aromatic heterocycles. The van der Waals surface area contributed by atoms with Crippen molar-refractivity contribution in [2.45, 2.75) is 57.4 Å². The van der Waals surface area contributed by atoms with Crippen molar-refractivity contribution in [3.05, 3.63) is 11.6 Å². The second kappa shape index (κ2) is 5.10. The molecule has 1 aromatic rings. The summed E-state index contributed by atoms with van der Waals surface area (Å²) in [5.41, 5.74) is -0.0469. The van der Waals surface area contributed by atoms with E-state index in [0.717, 1.165) is 45.4 Å². The number of nitriles is 1. The summed E-state index contributed by atoms with van der Waals surface area (Å²) in [6, 6.07) is 2.58. The van der Waals surface area contributed by atoms with Gasteiger partial charge >= 0.3 is 0 Å². The molecule has 1 atom stereocenters. The van der Waals surface area contributed by atoms with E-state index in [9.17, 15) is 5.26 Å². The lowest BCUT2D eigenvalue weighted by molar-refractivity contribution is 0.0966. The highest BCUT2D eigenvalue weighted by atomic mass is 15.3. The van der Waals surface area contributed by atoms with Crippen LogP contribution in [0.5, 0.6) is 0 Å². The number of hydrogen-bond acceptors (Lipinski definition) is 4. The number of likely N-dealkylation sites (tertiary alicyclic amines) is 1. The second-order valence-corrected chi connectivity index (χ2v) is 7.05. The Labute approximate surface area is 126 Å². The average Bonchev–Trinajstić information content (AvgIpc) is 3.06. The quantitative estimate of drug-likeness (QED) is 0.853. The molecular weight excluding hydrogens is 262 g/mol. The van der Waals surface area contributed by atoms with Gasteiger partial charge in [-0.3, -0.25) is 0 Å². The van der Waals surface area contributed by atoms with Crippen molar-refractivity contribution >= 4 is 0 Å². The van der Waals surface area contributed by atoms with Crippen LogP contribution in [0.15, 0.2) is 0 Å². The van der Waals surface area contributed by atoms with E-state index in [2.05, 4.69) is 25.7 Å². The van der Waals surface area contributed by atoms with Gasteiger partial charge in [-0.2, -0.15) is 5.26 Å². The SMILES string of the molecule is N#CC1(CN2CCC[C@@H](c3nnc4n3CCC4)C2)CCC1. The maximum absolute atomic E-state index is 9.44. The standard InChI is InChI=1S/C16H23N5/c17-11-16(6-3-7-16)12-20-8-1-4-13(10-20)15-19-18-14-5-2-9-21(14)15/h13H,1-10,12H2/t13-/m1/s1. The topological polar surface area (TPSA) is 57.7 Å². The molecule has 0 spiro atoms. The number of fused-ring (bicyclic) bond motifs is 1. The van der Waals surface area contributed by atoms with Gasteiger partial charge in [0.2, 0.25) is 0 Å². The smallest absolute Gasteiger partial charge is 0.137 e. The second-order valence-electron chi connectivity index (χ2n) is 7.05. The van der Waals surface area contributed by atoms with Crippen molar-refractivity contribution in [2.24, 2.45) is 5.41 Å². The van der Waals surface area contributed by atoms with Gasteiger partial charge in [0.05, 0.1) is 11.5 Å². The number of hydrogen-bond donors (Lipinski definition) is 0. The molecular formula is C16H23N5. The van der Waals surface area contributed by atoms with Gasteiger partial charge in [-0.25, -0.2) is 0 Å². The predicted molar refractivity (Wildman–Crippen MR) is 78.7 cm³/mol.